The quantitative estimate of drug-likeness (QED) is 0.458. The number of pyridine rings is 1. The molecular weight excluding hydrogens is 425 g/mol. The highest BCUT2D eigenvalue weighted by Crippen LogP contribution is 2.30. The van der Waals surface area contributed by atoms with E-state index in [1.807, 2.05) is 6.07 Å². The summed E-state index contributed by atoms with van der Waals surface area (Å²) in [7, 11) is 0. The molecule has 1 fully saturated rings. The number of rotatable bonds is 10. The van der Waals surface area contributed by atoms with Gasteiger partial charge in [-0.1, -0.05) is 12.1 Å². The molecule has 1 aliphatic rings. The highest BCUT2D eigenvalue weighted by Gasteiger charge is 2.31. The standard InChI is InChI=1S/C23H27F3N2O4/c1-2-30-22(29)7-3-5-18-6-4-12-28(18)19-13-21(15-27-14-19)31-16-17-8-10-20(11-9-17)32-23(24,25)26/h8-11,13-15,18H,2-7,12,16H2,1H3. The van der Waals surface area contributed by atoms with Crippen LogP contribution in [-0.4, -0.2) is 36.5 Å². The molecule has 6 nitrogen and oxygen atoms in total. The van der Waals surface area contributed by atoms with Gasteiger partial charge in [-0.25, -0.2) is 0 Å². The second-order valence-corrected chi connectivity index (χ2v) is 7.55. The molecule has 174 valence electrons. The number of anilines is 1. The van der Waals surface area contributed by atoms with Crippen LogP contribution >= 0.6 is 0 Å². The van der Waals surface area contributed by atoms with Crippen LogP contribution in [-0.2, 0) is 16.1 Å². The molecule has 1 aromatic heterocycles. The van der Waals surface area contributed by atoms with Gasteiger partial charge in [0.1, 0.15) is 18.1 Å². The third-order valence-corrected chi connectivity index (χ3v) is 5.19. The number of ether oxygens (including phenoxy) is 3. The maximum absolute atomic E-state index is 12.3. The van der Waals surface area contributed by atoms with Gasteiger partial charge in [0, 0.05) is 25.1 Å². The lowest BCUT2D eigenvalue weighted by Gasteiger charge is -2.26. The Balaban J connectivity index is 1.53. The third kappa shape index (κ3) is 7.32. The Morgan fingerprint density at radius 2 is 1.97 bits per heavy atom. The average Bonchev–Trinajstić information content (AvgIpc) is 3.21. The van der Waals surface area contributed by atoms with E-state index in [4.69, 9.17) is 9.47 Å². The molecule has 32 heavy (non-hydrogen) atoms. The summed E-state index contributed by atoms with van der Waals surface area (Å²) in [6.07, 6.45) is 2.91. The molecule has 0 N–H and O–H groups in total. The van der Waals surface area contributed by atoms with Crippen LogP contribution in [0.2, 0.25) is 0 Å². The molecule has 1 atom stereocenters. The summed E-state index contributed by atoms with van der Waals surface area (Å²) in [6, 6.07) is 7.81. The molecule has 0 saturated carbocycles. The van der Waals surface area contributed by atoms with E-state index in [1.165, 1.54) is 24.3 Å². The van der Waals surface area contributed by atoms with E-state index < -0.39 is 6.36 Å². The number of aromatic nitrogens is 1. The van der Waals surface area contributed by atoms with Crippen molar-refractivity contribution in [3.8, 4) is 11.5 Å². The Morgan fingerprint density at radius 1 is 1.19 bits per heavy atom. The number of esters is 1. The summed E-state index contributed by atoms with van der Waals surface area (Å²) in [5.41, 5.74) is 1.66. The Hall–Kier alpha value is -2.97. The van der Waals surface area contributed by atoms with Gasteiger partial charge in [-0.2, -0.15) is 0 Å². The van der Waals surface area contributed by atoms with E-state index in [0.29, 0.717) is 30.4 Å². The predicted octanol–water partition coefficient (Wildman–Crippen LogP) is 5.26. The van der Waals surface area contributed by atoms with Crippen LogP contribution in [0.1, 0.15) is 44.6 Å². The van der Waals surface area contributed by atoms with E-state index in [9.17, 15) is 18.0 Å². The Labute approximate surface area is 185 Å². The number of alkyl halides is 3. The summed E-state index contributed by atoms with van der Waals surface area (Å²) < 4.78 is 51.4. The van der Waals surface area contributed by atoms with Crippen LogP contribution in [0.5, 0.6) is 11.5 Å². The van der Waals surface area contributed by atoms with E-state index in [2.05, 4.69) is 14.6 Å². The lowest BCUT2D eigenvalue weighted by Crippen LogP contribution is -2.29. The second-order valence-electron chi connectivity index (χ2n) is 7.55. The van der Waals surface area contributed by atoms with Crippen molar-refractivity contribution < 1.29 is 32.2 Å². The molecule has 0 radical (unpaired) electrons. The number of carbonyl (C=O) groups excluding carboxylic acids is 1. The van der Waals surface area contributed by atoms with E-state index in [-0.39, 0.29) is 18.3 Å². The first-order valence-electron chi connectivity index (χ1n) is 10.7. The fourth-order valence-corrected chi connectivity index (χ4v) is 3.79. The van der Waals surface area contributed by atoms with Gasteiger partial charge < -0.3 is 19.1 Å². The highest BCUT2D eigenvalue weighted by molar-refractivity contribution is 5.69. The van der Waals surface area contributed by atoms with Crippen LogP contribution in [0.25, 0.3) is 0 Å². The van der Waals surface area contributed by atoms with Crippen molar-refractivity contribution in [1.29, 1.82) is 0 Å². The fraction of sp³-hybridized carbons (Fsp3) is 0.478. The molecule has 1 saturated heterocycles. The van der Waals surface area contributed by atoms with Gasteiger partial charge in [-0.05, 0) is 50.3 Å². The number of benzene rings is 1. The zero-order valence-corrected chi connectivity index (χ0v) is 17.9. The zero-order valence-electron chi connectivity index (χ0n) is 17.9. The summed E-state index contributed by atoms with van der Waals surface area (Å²) in [4.78, 5) is 18.1. The smallest absolute Gasteiger partial charge is 0.487 e. The van der Waals surface area contributed by atoms with Crippen molar-refractivity contribution in [2.75, 3.05) is 18.1 Å². The molecule has 3 rings (SSSR count). The minimum Gasteiger partial charge on any atom is -0.487 e. The monoisotopic (exact) mass is 452 g/mol. The van der Waals surface area contributed by atoms with E-state index >= 15 is 0 Å². The molecule has 1 aromatic carbocycles. The first-order chi connectivity index (χ1) is 15.3. The molecule has 0 amide bonds. The molecule has 0 spiro atoms. The number of hydrogen-bond donors (Lipinski definition) is 0. The summed E-state index contributed by atoms with van der Waals surface area (Å²) >= 11 is 0. The van der Waals surface area contributed by atoms with Crippen molar-refractivity contribution >= 4 is 11.7 Å². The molecule has 2 aromatic rings. The lowest BCUT2D eigenvalue weighted by molar-refractivity contribution is -0.274. The largest absolute Gasteiger partial charge is 0.573 e. The second kappa shape index (κ2) is 11.1. The third-order valence-electron chi connectivity index (χ3n) is 5.19. The number of halogens is 3. The van der Waals surface area contributed by atoms with Crippen molar-refractivity contribution in [3.63, 3.8) is 0 Å². The first kappa shape index (κ1) is 23.7. The van der Waals surface area contributed by atoms with Gasteiger partial charge in [0.25, 0.3) is 0 Å². The SMILES string of the molecule is CCOC(=O)CCCC1CCCN1c1cncc(OCc2ccc(OC(F)(F)F)cc2)c1. The van der Waals surface area contributed by atoms with E-state index in [1.54, 1.807) is 19.3 Å². The van der Waals surface area contributed by atoms with Crippen LogP contribution in [0.4, 0.5) is 18.9 Å². The van der Waals surface area contributed by atoms with Crippen molar-refractivity contribution in [2.24, 2.45) is 0 Å². The van der Waals surface area contributed by atoms with Gasteiger partial charge in [0.15, 0.2) is 0 Å². The maximum Gasteiger partial charge on any atom is 0.573 e. The van der Waals surface area contributed by atoms with Gasteiger partial charge in [-0.3, -0.25) is 9.78 Å². The topological polar surface area (TPSA) is 60.9 Å². The first-order valence-corrected chi connectivity index (χ1v) is 10.7. The molecule has 0 bridgehead atoms. The van der Waals surface area contributed by atoms with Crippen molar-refractivity contribution in [3.05, 3.63) is 48.3 Å². The van der Waals surface area contributed by atoms with Crippen molar-refractivity contribution in [1.82, 2.24) is 4.98 Å². The van der Waals surface area contributed by atoms with Gasteiger partial charge in [0.2, 0.25) is 0 Å². The predicted molar refractivity (Wildman–Crippen MR) is 113 cm³/mol. The molecule has 1 unspecified atom stereocenters. The van der Waals surface area contributed by atoms with Crippen LogP contribution < -0.4 is 14.4 Å². The molecule has 0 aliphatic carbocycles. The Bertz CT molecular complexity index is 874. The van der Waals surface area contributed by atoms with Crippen LogP contribution in [0, 0.1) is 0 Å². The Kier molecular flexibility index (Phi) is 8.19. The van der Waals surface area contributed by atoms with Crippen molar-refractivity contribution in [2.45, 2.75) is 58.0 Å². The Morgan fingerprint density at radius 3 is 2.69 bits per heavy atom. The van der Waals surface area contributed by atoms with Crippen LogP contribution in [0.3, 0.4) is 0 Å². The molecule has 9 heteroatoms. The van der Waals surface area contributed by atoms with Gasteiger partial charge in [-0.15, -0.1) is 13.2 Å². The minimum atomic E-state index is -4.71. The summed E-state index contributed by atoms with van der Waals surface area (Å²) in [5.74, 6) is 0.148. The average molecular weight is 452 g/mol. The zero-order chi connectivity index (χ0) is 23.0. The lowest BCUT2D eigenvalue weighted by atomic mass is 10.1. The van der Waals surface area contributed by atoms with Gasteiger partial charge in [0.05, 0.1) is 24.7 Å². The summed E-state index contributed by atoms with van der Waals surface area (Å²) in [5, 5.41) is 0. The molecule has 1 aliphatic heterocycles. The molecule has 2 heterocycles. The summed E-state index contributed by atoms with van der Waals surface area (Å²) in [6.45, 7) is 3.31. The number of hydrogen-bond acceptors (Lipinski definition) is 6. The van der Waals surface area contributed by atoms with Gasteiger partial charge >= 0.3 is 12.3 Å². The van der Waals surface area contributed by atoms with E-state index in [0.717, 1.165) is 37.9 Å². The fourth-order valence-electron chi connectivity index (χ4n) is 3.79. The van der Waals surface area contributed by atoms with Crippen LogP contribution in [0.15, 0.2) is 42.7 Å². The normalized spacial score (nSPS) is 16.1. The number of nitrogens with zero attached hydrogens (tertiary/aromatic N) is 2. The minimum absolute atomic E-state index is 0.160. The molecular formula is C23H27F3N2O4. The maximum atomic E-state index is 12.3. The highest BCUT2D eigenvalue weighted by atomic mass is 19.4. The number of carbonyl (C=O) groups is 1.